The van der Waals surface area contributed by atoms with Crippen LogP contribution in [0.1, 0.15) is 0 Å². The number of benzene rings is 2. The third-order valence-corrected chi connectivity index (χ3v) is 7.43. The number of hydrogen-bond acceptors (Lipinski definition) is 3. The van der Waals surface area contributed by atoms with Crippen molar-refractivity contribution in [3.63, 3.8) is 0 Å². The molecule has 0 saturated heterocycles. The van der Waals surface area contributed by atoms with Crippen molar-refractivity contribution in [1.29, 1.82) is 0 Å². The highest BCUT2D eigenvalue weighted by Crippen LogP contribution is 2.49. The van der Waals surface area contributed by atoms with E-state index in [1.165, 1.54) is 13.3 Å². The van der Waals surface area contributed by atoms with Crippen molar-refractivity contribution in [3.8, 4) is 5.88 Å². The summed E-state index contributed by atoms with van der Waals surface area (Å²) in [5, 5.41) is 0. The summed E-state index contributed by atoms with van der Waals surface area (Å²) >= 11 is 1.08. The lowest BCUT2D eigenvalue weighted by Crippen LogP contribution is -2.13. The van der Waals surface area contributed by atoms with Gasteiger partial charge >= 0.3 is 0 Å². The third-order valence-electron chi connectivity index (χ3n) is 3.79. The van der Waals surface area contributed by atoms with Gasteiger partial charge in [0.15, 0.2) is 38.0 Å². The van der Waals surface area contributed by atoms with E-state index in [-0.39, 0.29) is 0 Å². The first-order valence-corrected chi connectivity index (χ1v) is 9.42. The Kier molecular flexibility index (Phi) is 4.32. The third kappa shape index (κ3) is 2.83. The number of halogens is 4. The maximum atomic E-state index is 13.9. The summed E-state index contributed by atoms with van der Waals surface area (Å²) in [6.07, 6.45) is 1.54. The van der Waals surface area contributed by atoms with Crippen molar-refractivity contribution in [2.45, 2.75) is 24.5 Å². The van der Waals surface area contributed by atoms with Gasteiger partial charge in [0.25, 0.3) is 0 Å². The zero-order valence-corrected chi connectivity index (χ0v) is 14.9. The van der Waals surface area contributed by atoms with E-state index in [1.807, 2.05) is 0 Å². The average Bonchev–Trinajstić information content (AvgIpc) is 2.63. The molecule has 2 nitrogen and oxygen atoms in total. The molecule has 0 amide bonds. The molecule has 0 atom stereocenters. The van der Waals surface area contributed by atoms with E-state index in [1.54, 1.807) is 12.1 Å². The molecule has 1 aromatic heterocycles. The highest BCUT2D eigenvalue weighted by Gasteiger charge is 2.40. The molecule has 0 fully saturated rings. The fourth-order valence-electron chi connectivity index (χ4n) is 2.60. The first kappa shape index (κ1) is 17.2. The van der Waals surface area contributed by atoms with Crippen LogP contribution >= 0.6 is 11.8 Å². The number of nitrogens with zero attached hydrogens (tertiary/aromatic N) is 1. The summed E-state index contributed by atoms with van der Waals surface area (Å²) in [6, 6.07) is 7.72. The Morgan fingerprint density at radius 3 is 1.85 bits per heavy atom. The number of ether oxygens (including phenoxy) is 1. The molecule has 0 spiro atoms. The molecule has 1 aliphatic rings. The summed E-state index contributed by atoms with van der Waals surface area (Å²) in [6.45, 7) is 0. The molecule has 0 N–H and O–H groups in total. The van der Waals surface area contributed by atoms with Crippen LogP contribution in [0.3, 0.4) is 0 Å². The fourth-order valence-corrected chi connectivity index (χ4v) is 6.30. The minimum absolute atomic E-state index is 0.389. The van der Waals surface area contributed by atoms with Crippen molar-refractivity contribution >= 4 is 22.7 Å². The highest BCUT2D eigenvalue weighted by molar-refractivity contribution is 8.04. The molecule has 2 heterocycles. The maximum absolute atomic E-state index is 13.9. The van der Waals surface area contributed by atoms with Gasteiger partial charge in [-0.15, -0.1) is 0 Å². The smallest absolute Gasteiger partial charge is 0.213 e. The highest BCUT2D eigenvalue weighted by atomic mass is 32.2. The van der Waals surface area contributed by atoms with E-state index in [4.69, 9.17) is 4.74 Å². The van der Waals surface area contributed by atoms with Gasteiger partial charge in [0.2, 0.25) is 5.88 Å². The number of aromatic nitrogens is 1. The molecule has 0 aliphatic carbocycles. The molecule has 2 aromatic carbocycles. The number of fused-ring (bicyclic) bond motifs is 2. The molecular formula is C18H10F4NOS2+. The van der Waals surface area contributed by atoms with E-state index in [2.05, 4.69) is 4.98 Å². The van der Waals surface area contributed by atoms with Crippen molar-refractivity contribution < 1.29 is 22.3 Å². The number of pyridine rings is 1. The minimum Gasteiger partial charge on any atom is -0.481 e. The average molecular weight is 396 g/mol. The molecule has 3 aromatic rings. The summed E-state index contributed by atoms with van der Waals surface area (Å²) in [5.74, 6) is -3.57. The van der Waals surface area contributed by atoms with Crippen molar-refractivity contribution in [3.05, 3.63) is 65.9 Å². The van der Waals surface area contributed by atoms with Crippen LogP contribution in [-0.2, 0) is 10.9 Å². The standard InChI is InChI=1S/C18H10F4NOS2/c1-24-18-3-2-9(8-23-18)26-16-6-12(21)10(19)4-14(16)25-15-5-11(20)13(22)7-17(15)26/h2-8H,1H3/q+1. The normalized spacial score (nSPS) is 13.3. The van der Waals surface area contributed by atoms with Crippen LogP contribution in [0.5, 0.6) is 5.88 Å². The zero-order valence-electron chi connectivity index (χ0n) is 13.2. The topological polar surface area (TPSA) is 22.1 Å². The van der Waals surface area contributed by atoms with Crippen LogP contribution in [-0.4, -0.2) is 12.1 Å². The van der Waals surface area contributed by atoms with E-state index in [9.17, 15) is 17.6 Å². The molecule has 8 heteroatoms. The molecule has 0 unspecified atom stereocenters. The van der Waals surface area contributed by atoms with E-state index < -0.39 is 34.2 Å². The van der Waals surface area contributed by atoms with Crippen LogP contribution in [0.25, 0.3) is 0 Å². The van der Waals surface area contributed by atoms with Gasteiger partial charge in [-0.1, -0.05) is 11.8 Å². The van der Waals surface area contributed by atoms with E-state index in [0.29, 0.717) is 30.4 Å². The molecule has 1 aliphatic heterocycles. The van der Waals surface area contributed by atoms with E-state index in [0.717, 1.165) is 36.0 Å². The van der Waals surface area contributed by atoms with Gasteiger partial charge in [-0.2, -0.15) is 0 Å². The lowest BCUT2D eigenvalue weighted by molar-refractivity contribution is 0.397. The second-order valence-electron chi connectivity index (χ2n) is 5.37. The van der Waals surface area contributed by atoms with Crippen LogP contribution in [0.15, 0.2) is 67.1 Å². The second kappa shape index (κ2) is 6.51. The van der Waals surface area contributed by atoms with Gasteiger partial charge in [-0.3, -0.25) is 0 Å². The second-order valence-corrected chi connectivity index (χ2v) is 8.42. The molecular weight excluding hydrogens is 386 g/mol. The van der Waals surface area contributed by atoms with Gasteiger partial charge < -0.3 is 4.74 Å². The fraction of sp³-hybridized carbons (Fsp3) is 0.0556. The summed E-state index contributed by atoms with van der Waals surface area (Å²) in [5.41, 5.74) is 0. The Labute approximate surface area is 153 Å². The van der Waals surface area contributed by atoms with Gasteiger partial charge in [-0.05, 0) is 12.1 Å². The molecule has 0 bridgehead atoms. The lowest BCUT2D eigenvalue weighted by Gasteiger charge is -2.19. The molecule has 4 rings (SSSR count). The van der Waals surface area contributed by atoms with Crippen LogP contribution in [0, 0.1) is 23.3 Å². The summed E-state index contributed by atoms with van der Waals surface area (Å²) < 4.78 is 60.2. The monoisotopic (exact) mass is 396 g/mol. The Morgan fingerprint density at radius 2 is 1.38 bits per heavy atom. The van der Waals surface area contributed by atoms with Crippen molar-refractivity contribution in [2.24, 2.45) is 0 Å². The van der Waals surface area contributed by atoms with Gasteiger partial charge in [0, 0.05) is 24.3 Å². The molecule has 0 radical (unpaired) electrons. The maximum Gasteiger partial charge on any atom is 0.213 e. The number of methoxy groups -OCH3 is 1. The first-order valence-electron chi connectivity index (χ1n) is 7.38. The Hall–Kier alpha value is -2.19. The summed E-state index contributed by atoms with van der Waals surface area (Å²) in [4.78, 5) is 6.72. The van der Waals surface area contributed by atoms with Crippen LogP contribution in [0.4, 0.5) is 17.6 Å². The van der Waals surface area contributed by atoms with Crippen molar-refractivity contribution in [2.75, 3.05) is 7.11 Å². The predicted octanol–water partition coefficient (Wildman–Crippen LogP) is 5.21. The van der Waals surface area contributed by atoms with Crippen LogP contribution < -0.4 is 4.74 Å². The quantitative estimate of drug-likeness (QED) is 0.343. The summed E-state index contributed by atoms with van der Waals surface area (Å²) in [7, 11) is 0.517. The molecule has 26 heavy (non-hydrogen) atoms. The SMILES string of the molecule is COc1ccc([S+]2c3cc(F)c(F)cc3Sc3cc(F)c(F)cc32)cn1. The predicted molar refractivity (Wildman–Crippen MR) is 89.8 cm³/mol. The Balaban J connectivity index is 1.96. The first-order chi connectivity index (χ1) is 12.5. The Morgan fingerprint density at radius 1 is 0.846 bits per heavy atom. The van der Waals surface area contributed by atoms with Crippen molar-refractivity contribution in [1.82, 2.24) is 4.98 Å². The Bertz CT molecular complexity index is 954. The molecule has 132 valence electrons. The van der Waals surface area contributed by atoms with E-state index >= 15 is 0 Å². The van der Waals surface area contributed by atoms with Gasteiger partial charge in [-0.25, -0.2) is 22.5 Å². The minimum atomic E-state index is -0.991. The number of rotatable bonds is 2. The number of hydrogen-bond donors (Lipinski definition) is 0. The zero-order chi connectivity index (χ0) is 18.4. The van der Waals surface area contributed by atoms with Crippen LogP contribution in [0.2, 0.25) is 0 Å². The lowest BCUT2D eigenvalue weighted by atomic mass is 10.3. The molecule has 0 saturated carbocycles. The van der Waals surface area contributed by atoms with Gasteiger partial charge in [0.05, 0.1) is 23.1 Å². The van der Waals surface area contributed by atoms with Gasteiger partial charge in [0.1, 0.15) is 10.9 Å². The largest absolute Gasteiger partial charge is 0.481 e.